The molecule has 0 saturated carbocycles. The van der Waals surface area contributed by atoms with Gasteiger partial charge in [0.25, 0.3) is 0 Å². The summed E-state index contributed by atoms with van der Waals surface area (Å²) in [6.45, 7) is 6.45. The molecule has 0 spiro atoms. The Morgan fingerprint density at radius 1 is 1.35 bits per heavy atom. The van der Waals surface area contributed by atoms with Gasteiger partial charge in [0.1, 0.15) is 0 Å². The first-order valence-electron chi connectivity index (χ1n) is 7.76. The molecule has 2 aliphatic rings. The van der Waals surface area contributed by atoms with Gasteiger partial charge in [-0.15, -0.1) is 0 Å². The monoisotopic (exact) mass is 340 g/mol. The van der Waals surface area contributed by atoms with E-state index < -0.39 is 0 Å². The summed E-state index contributed by atoms with van der Waals surface area (Å²) in [6, 6.07) is 2.23. The van der Waals surface area contributed by atoms with Crippen LogP contribution in [0.1, 0.15) is 44.0 Å². The zero-order valence-corrected chi connectivity index (χ0v) is 14.3. The zero-order chi connectivity index (χ0) is 14.3. The van der Waals surface area contributed by atoms with Crippen molar-refractivity contribution in [2.45, 2.75) is 64.2 Å². The van der Waals surface area contributed by atoms with Crippen LogP contribution in [0.2, 0.25) is 0 Å². The number of fused-ring (bicyclic) bond motifs is 2. The van der Waals surface area contributed by atoms with Gasteiger partial charge >= 0.3 is 0 Å². The molecule has 112 valence electrons. The van der Waals surface area contributed by atoms with Crippen molar-refractivity contribution < 1.29 is 0 Å². The highest BCUT2D eigenvalue weighted by atomic mass is 79.9. The first-order chi connectivity index (χ1) is 9.58. The summed E-state index contributed by atoms with van der Waals surface area (Å²) in [7, 11) is 2.05. The molecule has 5 heteroatoms. The lowest BCUT2D eigenvalue weighted by Gasteiger charge is -2.37. The van der Waals surface area contributed by atoms with E-state index in [0.29, 0.717) is 0 Å². The Balaban J connectivity index is 1.73. The topological polar surface area (TPSA) is 33.1 Å². The Labute approximate surface area is 130 Å². The first kappa shape index (κ1) is 14.5. The van der Waals surface area contributed by atoms with Gasteiger partial charge in [0.2, 0.25) is 0 Å². The van der Waals surface area contributed by atoms with Crippen molar-refractivity contribution in [3.63, 3.8) is 0 Å². The van der Waals surface area contributed by atoms with Crippen LogP contribution in [0, 0.1) is 6.92 Å². The van der Waals surface area contributed by atoms with E-state index in [2.05, 4.69) is 45.1 Å². The van der Waals surface area contributed by atoms with Crippen LogP contribution < -0.4 is 5.32 Å². The first-order valence-corrected chi connectivity index (χ1v) is 8.55. The van der Waals surface area contributed by atoms with Gasteiger partial charge in [-0.3, -0.25) is 9.58 Å². The molecule has 20 heavy (non-hydrogen) atoms. The van der Waals surface area contributed by atoms with Crippen LogP contribution in [-0.4, -0.2) is 39.4 Å². The quantitative estimate of drug-likeness (QED) is 0.914. The third-order valence-electron chi connectivity index (χ3n) is 4.99. The van der Waals surface area contributed by atoms with Crippen LogP contribution in [0.4, 0.5) is 0 Å². The number of hydrogen-bond acceptors (Lipinski definition) is 3. The number of hydrogen-bond donors (Lipinski definition) is 1. The van der Waals surface area contributed by atoms with E-state index in [9.17, 15) is 0 Å². The fourth-order valence-electron chi connectivity index (χ4n) is 3.87. The van der Waals surface area contributed by atoms with Crippen molar-refractivity contribution in [1.29, 1.82) is 0 Å². The van der Waals surface area contributed by atoms with Gasteiger partial charge in [0.15, 0.2) is 0 Å². The van der Waals surface area contributed by atoms with Gasteiger partial charge in [0, 0.05) is 31.7 Å². The van der Waals surface area contributed by atoms with Gasteiger partial charge in [-0.1, -0.05) is 6.92 Å². The number of halogens is 1. The molecule has 2 saturated heterocycles. The van der Waals surface area contributed by atoms with Gasteiger partial charge in [0.05, 0.1) is 15.9 Å². The summed E-state index contributed by atoms with van der Waals surface area (Å²) >= 11 is 3.70. The third-order valence-corrected chi connectivity index (χ3v) is 6.02. The van der Waals surface area contributed by atoms with Crippen molar-refractivity contribution in [2.24, 2.45) is 7.05 Å². The van der Waals surface area contributed by atoms with Crippen molar-refractivity contribution in [3.05, 3.63) is 15.9 Å². The van der Waals surface area contributed by atoms with E-state index >= 15 is 0 Å². The normalized spacial score (nSPS) is 29.4. The number of piperidine rings is 1. The molecule has 2 unspecified atom stereocenters. The SMILES string of the molecule is CCN(Cc1c(Br)c(C)nn1C)C1CC2CCC(C1)N2. The summed E-state index contributed by atoms with van der Waals surface area (Å²) in [5.41, 5.74) is 2.39. The van der Waals surface area contributed by atoms with Crippen LogP contribution in [-0.2, 0) is 13.6 Å². The molecule has 0 amide bonds. The minimum atomic E-state index is 0.723. The Hall–Kier alpha value is -0.390. The van der Waals surface area contributed by atoms with Crippen molar-refractivity contribution in [3.8, 4) is 0 Å². The van der Waals surface area contributed by atoms with E-state index in [1.54, 1.807) is 0 Å². The van der Waals surface area contributed by atoms with E-state index in [0.717, 1.165) is 36.9 Å². The molecule has 1 N–H and O–H groups in total. The minimum Gasteiger partial charge on any atom is -0.311 e. The summed E-state index contributed by atoms with van der Waals surface area (Å²) in [4.78, 5) is 2.63. The maximum absolute atomic E-state index is 4.52. The van der Waals surface area contributed by atoms with Gasteiger partial charge < -0.3 is 5.32 Å². The Kier molecular flexibility index (Phi) is 4.20. The molecule has 4 nitrogen and oxygen atoms in total. The number of aromatic nitrogens is 2. The number of rotatable bonds is 4. The van der Waals surface area contributed by atoms with Gasteiger partial charge in [-0.25, -0.2) is 0 Å². The Bertz CT molecular complexity index is 472. The van der Waals surface area contributed by atoms with Crippen LogP contribution >= 0.6 is 15.9 Å². The molecule has 0 radical (unpaired) electrons. The highest BCUT2D eigenvalue weighted by Crippen LogP contribution is 2.31. The summed E-state index contributed by atoms with van der Waals surface area (Å²) in [6.07, 6.45) is 5.35. The molecule has 2 aliphatic heterocycles. The van der Waals surface area contributed by atoms with Crippen molar-refractivity contribution >= 4 is 15.9 Å². The molecule has 2 fully saturated rings. The molecule has 1 aromatic heterocycles. The predicted molar refractivity (Wildman–Crippen MR) is 84.7 cm³/mol. The van der Waals surface area contributed by atoms with Crippen LogP contribution in [0.3, 0.4) is 0 Å². The smallest absolute Gasteiger partial charge is 0.0739 e. The molecular formula is C15H25BrN4. The fourth-order valence-corrected chi connectivity index (χ4v) is 4.33. The molecule has 0 aromatic carbocycles. The van der Waals surface area contributed by atoms with E-state index in [1.807, 2.05) is 11.7 Å². The van der Waals surface area contributed by atoms with Crippen molar-refractivity contribution in [2.75, 3.05) is 6.54 Å². The predicted octanol–water partition coefficient (Wildman–Crippen LogP) is 2.60. The van der Waals surface area contributed by atoms with Crippen LogP contribution in [0.5, 0.6) is 0 Å². The average Bonchev–Trinajstić information content (AvgIpc) is 2.88. The number of nitrogens with zero attached hydrogens (tertiary/aromatic N) is 3. The standard InChI is InChI=1S/C15H25BrN4/c1-4-20(9-14-15(16)10(2)18-19(14)3)13-7-11-5-6-12(8-13)17-11/h11-13,17H,4-9H2,1-3H3. The minimum absolute atomic E-state index is 0.723. The second-order valence-corrected chi connectivity index (χ2v) is 7.09. The molecule has 1 aromatic rings. The molecule has 3 rings (SSSR count). The lowest BCUT2D eigenvalue weighted by Crippen LogP contribution is -2.48. The lowest BCUT2D eigenvalue weighted by atomic mass is 9.98. The van der Waals surface area contributed by atoms with E-state index in [-0.39, 0.29) is 0 Å². The van der Waals surface area contributed by atoms with Crippen LogP contribution in [0.25, 0.3) is 0 Å². The largest absolute Gasteiger partial charge is 0.311 e. The highest BCUT2D eigenvalue weighted by molar-refractivity contribution is 9.10. The molecular weight excluding hydrogens is 316 g/mol. The Morgan fingerprint density at radius 3 is 2.50 bits per heavy atom. The lowest BCUT2D eigenvalue weighted by molar-refractivity contribution is 0.137. The highest BCUT2D eigenvalue weighted by Gasteiger charge is 2.35. The number of aryl methyl sites for hydroxylation is 2. The second-order valence-electron chi connectivity index (χ2n) is 6.30. The second kappa shape index (κ2) is 5.78. The molecule has 2 atom stereocenters. The molecule has 3 heterocycles. The summed E-state index contributed by atoms with van der Waals surface area (Å²) in [5, 5.41) is 8.25. The average molecular weight is 341 g/mol. The third kappa shape index (κ3) is 2.68. The van der Waals surface area contributed by atoms with Crippen LogP contribution in [0.15, 0.2) is 4.47 Å². The fraction of sp³-hybridized carbons (Fsp3) is 0.800. The van der Waals surface area contributed by atoms with E-state index in [4.69, 9.17) is 0 Å². The summed E-state index contributed by atoms with van der Waals surface area (Å²) < 4.78 is 3.20. The summed E-state index contributed by atoms with van der Waals surface area (Å²) in [5.74, 6) is 0. The van der Waals surface area contributed by atoms with Gasteiger partial charge in [-0.05, 0) is 55.1 Å². The maximum Gasteiger partial charge on any atom is 0.0739 e. The zero-order valence-electron chi connectivity index (χ0n) is 12.7. The molecule has 2 bridgehead atoms. The number of nitrogens with one attached hydrogen (secondary N) is 1. The Morgan fingerprint density at radius 2 is 2.00 bits per heavy atom. The maximum atomic E-state index is 4.52. The molecule has 0 aliphatic carbocycles. The van der Waals surface area contributed by atoms with Crippen molar-refractivity contribution in [1.82, 2.24) is 20.0 Å². The van der Waals surface area contributed by atoms with E-state index in [1.165, 1.54) is 35.8 Å². The van der Waals surface area contributed by atoms with Gasteiger partial charge in [-0.2, -0.15) is 5.10 Å².